The first kappa shape index (κ1) is 18.7. The third-order valence-electron chi connectivity index (χ3n) is 5.09. The molecule has 2 aromatic heterocycles. The minimum atomic E-state index is -0.467. The van der Waals surface area contributed by atoms with Crippen LogP contribution < -0.4 is 10.5 Å². The summed E-state index contributed by atoms with van der Waals surface area (Å²) in [7, 11) is 0. The van der Waals surface area contributed by atoms with Crippen LogP contribution in [0, 0.1) is 13.8 Å². The summed E-state index contributed by atoms with van der Waals surface area (Å²) < 4.78 is 10.8. The maximum absolute atomic E-state index is 12.0. The average molecular weight is 398 g/mol. The van der Waals surface area contributed by atoms with E-state index in [9.17, 15) is 4.79 Å². The van der Waals surface area contributed by atoms with Gasteiger partial charge in [-0.15, -0.1) is 11.3 Å². The van der Waals surface area contributed by atoms with Gasteiger partial charge in [-0.05, 0) is 68.4 Å². The minimum Gasteiger partial charge on any atom is -0.482 e. The lowest BCUT2D eigenvalue weighted by atomic mass is 9.97. The van der Waals surface area contributed by atoms with E-state index in [1.165, 1.54) is 28.8 Å². The number of ether oxygens (including phenoxy) is 2. The molecular formula is C21H23N3O3S. The van der Waals surface area contributed by atoms with E-state index in [-0.39, 0.29) is 13.2 Å². The third-order valence-corrected chi connectivity index (χ3v) is 6.27. The van der Waals surface area contributed by atoms with E-state index in [4.69, 9.17) is 15.2 Å². The van der Waals surface area contributed by atoms with Gasteiger partial charge in [0.2, 0.25) is 0 Å². The summed E-state index contributed by atoms with van der Waals surface area (Å²) in [6.45, 7) is 3.85. The largest absolute Gasteiger partial charge is 0.482 e. The number of carbonyl (C=O) groups excluding carboxylic acids is 1. The maximum Gasteiger partial charge on any atom is 0.344 e. The van der Waals surface area contributed by atoms with Crippen LogP contribution in [-0.4, -0.2) is 22.5 Å². The van der Waals surface area contributed by atoms with E-state index in [2.05, 4.69) is 9.97 Å². The lowest BCUT2D eigenvalue weighted by molar-refractivity contribution is -0.147. The molecule has 0 radical (unpaired) electrons. The summed E-state index contributed by atoms with van der Waals surface area (Å²) >= 11 is 1.68. The van der Waals surface area contributed by atoms with Crippen LogP contribution in [0.1, 0.15) is 40.2 Å². The molecule has 4 rings (SSSR count). The van der Waals surface area contributed by atoms with E-state index < -0.39 is 5.97 Å². The highest BCUT2D eigenvalue weighted by molar-refractivity contribution is 7.19. The van der Waals surface area contributed by atoms with E-state index in [0.717, 1.165) is 28.6 Å². The quantitative estimate of drug-likeness (QED) is 0.657. The van der Waals surface area contributed by atoms with Gasteiger partial charge >= 0.3 is 5.97 Å². The van der Waals surface area contributed by atoms with Gasteiger partial charge in [-0.2, -0.15) is 0 Å². The Bertz CT molecular complexity index is 1050. The first-order chi connectivity index (χ1) is 13.5. The maximum atomic E-state index is 12.0. The summed E-state index contributed by atoms with van der Waals surface area (Å²) in [5.41, 5.74) is 9.77. The van der Waals surface area contributed by atoms with Crippen LogP contribution in [0.3, 0.4) is 0 Å². The number of rotatable bonds is 5. The van der Waals surface area contributed by atoms with Gasteiger partial charge in [0, 0.05) is 4.88 Å². The van der Waals surface area contributed by atoms with Crippen LogP contribution in [0.5, 0.6) is 5.75 Å². The SMILES string of the molecule is Cc1ccc(OCC(=O)OCc2nc(N)c3c4c(sc3n2)CCCC4)cc1C. The molecule has 0 saturated heterocycles. The van der Waals surface area contributed by atoms with E-state index >= 15 is 0 Å². The van der Waals surface area contributed by atoms with Gasteiger partial charge in [0.15, 0.2) is 19.0 Å². The second-order valence-corrected chi connectivity index (χ2v) is 8.20. The molecule has 0 unspecified atom stereocenters. The van der Waals surface area contributed by atoms with Crippen molar-refractivity contribution in [1.82, 2.24) is 9.97 Å². The monoisotopic (exact) mass is 397 g/mol. The van der Waals surface area contributed by atoms with Crippen LogP contribution in [0.2, 0.25) is 0 Å². The van der Waals surface area contributed by atoms with Crippen LogP contribution in [0.15, 0.2) is 18.2 Å². The number of fused-ring (bicyclic) bond motifs is 3. The zero-order valence-electron chi connectivity index (χ0n) is 16.1. The normalized spacial score (nSPS) is 13.4. The topological polar surface area (TPSA) is 87.3 Å². The van der Waals surface area contributed by atoms with Crippen molar-refractivity contribution in [3.05, 3.63) is 45.6 Å². The minimum absolute atomic E-state index is 0.0160. The third kappa shape index (κ3) is 3.80. The number of esters is 1. The summed E-state index contributed by atoms with van der Waals surface area (Å²) in [5, 5.41) is 0.979. The predicted octanol–water partition coefficient (Wildman–Crippen LogP) is 3.89. The number of benzene rings is 1. The first-order valence-electron chi connectivity index (χ1n) is 9.43. The number of aryl methyl sites for hydroxylation is 4. The molecule has 7 heteroatoms. The van der Waals surface area contributed by atoms with Gasteiger partial charge in [0.1, 0.15) is 16.4 Å². The molecule has 0 fully saturated rings. The number of carbonyl (C=O) groups is 1. The number of nitrogens with zero attached hydrogens (tertiary/aromatic N) is 2. The van der Waals surface area contributed by atoms with Gasteiger partial charge < -0.3 is 15.2 Å². The fraction of sp³-hybridized carbons (Fsp3) is 0.381. The molecule has 0 aliphatic heterocycles. The van der Waals surface area contributed by atoms with Crippen molar-refractivity contribution in [2.24, 2.45) is 0 Å². The smallest absolute Gasteiger partial charge is 0.344 e. The van der Waals surface area contributed by atoms with E-state index in [1.807, 2.05) is 32.0 Å². The van der Waals surface area contributed by atoms with Gasteiger partial charge in [-0.1, -0.05) is 6.07 Å². The lowest BCUT2D eigenvalue weighted by Gasteiger charge is -2.11. The van der Waals surface area contributed by atoms with Crippen molar-refractivity contribution >= 4 is 33.3 Å². The molecule has 0 bridgehead atoms. The number of thiophene rings is 1. The van der Waals surface area contributed by atoms with Crippen molar-refractivity contribution in [3.63, 3.8) is 0 Å². The molecule has 0 spiro atoms. The molecular weight excluding hydrogens is 374 g/mol. The molecule has 2 N–H and O–H groups in total. The standard InChI is InChI=1S/C21H23N3O3S/c1-12-7-8-14(9-13(12)2)26-11-18(25)27-10-17-23-20(22)19-15-5-3-4-6-16(15)28-21(19)24-17/h7-9H,3-6,10-11H2,1-2H3,(H2,22,23,24). The zero-order valence-corrected chi connectivity index (χ0v) is 16.9. The Morgan fingerprint density at radius 3 is 2.82 bits per heavy atom. The molecule has 0 saturated carbocycles. The van der Waals surface area contributed by atoms with Crippen molar-refractivity contribution in [2.75, 3.05) is 12.3 Å². The zero-order chi connectivity index (χ0) is 19.7. The summed E-state index contributed by atoms with van der Waals surface area (Å²) in [6, 6.07) is 5.70. The van der Waals surface area contributed by atoms with Crippen molar-refractivity contribution in [2.45, 2.75) is 46.1 Å². The van der Waals surface area contributed by atoms with Crippen molar-refractivity contribution in [1.29, 1.82) is 0 Å². The highest BCUT2D eigenvalue weighted by atomic mass is 32.1. The van der Waals surface area contributed by atoms with Crippen LogP contribution in [0.25, 0.3) is 10.2 Å². The fourth-order valence-electron chi connectivity index (χ4n) is 3.43. The molecule has 0 amide bonds. The highest BCUT2D eigenvalue weighted by Gasteiger charge is 2.20. The second kappa shape index (κ2) is 7.75. The predicted molar refractivity (Wildman–Crippen MR) is 110 cm³/mol. The molecule has 2 heterocycles. The van der Waals surface area contributed by atoms with Crippen molar-refractivity contribution in [3.8, 4) is 5.75 Å². The molecule has 3 aromatic rings. The summed E-state index contributed by atoms with van der Waals surface area (Å²) in [5.74, 6) is 1.07. The van der Waals surface area contributed by atoms with Crippen LogP contribution >= 0.6 is 11.3 Å². The summed E-state index contributed by atoms with van der Waals surface area (Å²) in [6.07, 6.45) is 4.50. The number of hydrogen-bond acceptors (Lipinski definition) is 7. The highest BCUT2D eigenvalue weighted by Crippen LogP contribution is 2.37. The van der Waals surface area contributed by atoms with E-state index in [0.29, 0.717) is 17.4 Å². The van der Waals surface area contributed by atoms with Crippen LogP contribution in [0.4, 0.5) is 5.82 Å². The lowest BCUT2D eigenvalue weighted by Crippen LogP contribution is -2.16. The number of aromatic nitrogens is 2. The molecule has 1 aliphatic carbocycles. The van der Waals surface area contributed by atoms with E-state index in [1.54, 1.807) is 11.3 Å². The molecule has 0 atom stereocenters. The Morgan fingerprint density at radius 2 is 2.00 bits per heavy atom. The number of anilines is 1. The Labute approximate surface area is 167 Å². The molecule has 146 valence electrons. The Balaban J connectivity index is 1.39. The average Bonchev–Trinajstić information content (AvgIpc) is 3.06. The Hall–Kier alpha value is -2.67. The van der Waals surface area contributed by atoms with Gasteiger partial charge in [0.25, 0.3) is 0 Å². The molecule has 1 aromatic carbocycles. The number of hydrogen-bond donors (Lipinski definition) is 1. The number of nitrogens with two attached hydrogens (primary N) is 1. The molecule has 6 nitrogen and oxygen atoms in total. The Morgan fingerprint density at radius 1 is 1.18 bits per heavy atom. The van der Waals surface area contributed by atoms with Crippen molar-refractivity contribution < 1.29 is 14.3 Å². The van der Waals surface area contributed by atoms with Gasteiger partial charge in [-0.3, -0.25) is 0 Å². The second-order valence-electron chi connectivity index (χ2n) is 7.11. The van der Waals surface area contributed by atoms with Gasteiger partial charge in [-0.25, -0.2) is 14.8 Å². The summed E-state index contributed by atoms with van der Waals surface area (Å²) in [4.78, 5) is 23.2. The number of nitrogen functional groups attached to an aromatic ring is 1. The molecule has 28 heavy (non-hydrogen) atoms. The van der Waals surface area contributed by atoms with Gasteiger partial charge in [0.05, 0.1) is 5.39 Å². The Kier molecular flexibility index (Phi) is 5.17. The van der Waals surface area contributed by atoms with Crippen LogP contribution in [-0.2, 0) is 29.0 Å². The first-order valence-corrected chi connectivity index (χ1v) is 10.2. The fourth-order valence-corrected chi connectivity index (χ4v) is 4.72. The molecule has 1 aliphatic rings.